The molecular formula is C9H9N5O2. The number of aromatic nitrogens is 1. The van der Waals surface area contributed by atoms with Gasteiger partial charge >= 0.3 is 0 Å². The predicted octanol–water partition coefficient (Wildman–Crippen LogP) is 1.56. The summed E-state index contributed by atoms with van der Waals surface area (Å²) in [5.74, 6) is -0.439. The number of aliphatic imine (C=N–C) groups is 1. The molecule has 0 aliphatic heterocycles. The molecule has 1 aromatic heterocycles. The third-order valence-electron chi connectivity index (χ3n) is 2.11. The Morgan fingerprint density at radius 1 is 1.25 bits per heavy atom. The van der Waals surface area contributed by atoms with E-state index in [1.165, 1.54) is 6.07 Å². The number of hydrogen-bond acceptors (Lipinski definition) is 4. The SMILES string of the molecule is N=NC(N)=Nc1ccc2c(O)[nH]c(O)c2c1. The van der Waals surface area contributed by atoms with Crippen LogP contribution in [0.5, 0.6) is 11.8 Å². The standard InChI is InChI=1S/C9H9N5O2/c10-9(14-11)12-4-1-2-5-6(3-4)8(16)13-7(5)15/h1-3,11,13,15-16H,(H2,10,12). The van der Waals surface area contributed by atoms with Crippen molar-refractivity contribution in [3.05, 3.63) is 18.2 Å². The average molecular weight is 219 g/mol. The summed E-state index contributed by atoms with van der Waals surface area (Å²) in [6, 6.07) is 4.70. The molecule has 7 heteroatoms. The topological polar surface area (TPSA) is 131 Å². The van der Waals surface area contributed by atoms with Crippen LogP contribution < -0.4 is 5.73 Å². The molecule has 0 amide bonds. The van der Waals surface area contributed by atoms with E-state index in [-0.39, 0.29) is 17.7 Å². The van der Waals surface area contributed by atoms with E-state index in [0.29, 0.717) is 16.5 Å². The zero-order valence-corrected chi connectivity index (χ0v) is 8.10. The highest BCUT2D eigenvalue weighted by atomic mass is 16.3. The van der Waals surface area contributed by atoms with Gasteiger partial charge in [0.15, 0.2) is 11.8 Å². The van der Waals surface area contributed by atoms with Crippen molar-refractivity contribution in [1.82, 2.24) is 4.98 Å². The van der Waals surface area contributed by atoms with Crippen molar-refractivity contribution in [1.29, 1.82) is 5.53 Å². The Bertz CT molecular complexity index is 587. The number of H-pyrrole nitrogens is 1. The number of hydrogen-bond donors (Lipinski definition) is 5. The highest BCUT2D eigenvalue weighted by Crippen LogP contribution is 2.34. The Labute approximate surface area is 89.7 Å². The maximum Gasteiger partial charge on any atom is 0.239 e. The van der Waals surface area contributed by atoms with Crippen molar-refractivity contribution >= 4 is 22.4 Å². The van der Waals surface area contributed by atoms with Crippen LogP contribution in [0, 0.1) is 5.53 Å². The molecule has 2 rings (SSSR count). The van der Waals surface area contributed by atoms with Gasteiger partial charge in [0.2, 0.25) is 5.96 Å². The Kier molecular flexibility index (Phi) is 2.20. The number of benzene rings is 1. The lowest BCUT2D eigenvalue weighted by atomic mass is 10.2. The molecule has 0 bridgehead atoms. The van der Waals surface area contributed by atoms with E-state index in [1.807, 2.05) is 0 Å². The highest BCUT2D eigenvalue weighted by molar-refractivity contribution is 5.95. The second-order valence-corrected chi connectivity index (χ2v) is 3.13. The number of aromatic hydroxyl groups is 2. The predicted molar refractivity (Wildman–Crippen MR) is 58.1 cm³/mol. The molecule has 7 nitrogen and oxygen atoms in total. The van der Waals surface area contributed by atoms with Crippen molar-refractivity contribution in [2.75, 3.05) is 0 Å². The monoisotopic (exact) mass is 219 g/mol. The van der Waals surface area contributed by atoms with Crippen LogP contribution in [0.1, 0.15) is 0 Å². The highest BCUT2D eigenvalue weighted by Gasteiger charge is 2.08. The molecule has 16 heavy (non-hydrogen) atoms. The van der Waals surface area contributed by atoms with E-state index in [2.05, 4.69) is 15.1 Å². The van der Waals surface area contributed by atoms with Crippen molar-refractivity contribution in [3.63, 3.8) is 0 Å². The smallest absolute Gasteiger partial charge is 0.239 e. The van der Waals surface area contributed by atoms with Crippen molar-refractivity contribution in [2.24, 2.45) is 15.8 Å². The number of nitrogens with one attached hydrogen (secondary N) is 2. The number of aromatic amines is 1. The Hall–Kier alpha value is -2.57. The zero-order valence-electron chi connectivity index (χ0n) is 8.10. The van der Waals surface area contributed by atoms with Crippen LogP contribution in [-0.4, -0.2) is 21.2 Å². The Morgan fingerprint density at radius 2 is 1.94 bits per heavy atom. The summed E-state index contributed by atoms with van der Waals surface area (Å²) in [4.78, 5) is 6.19. The fourth-order valence-electron chi connectivity index (χ4n) is 1.41. The summed E-state index contributed by atoms with van der Waals surface area (Å²) in [6.07, 6.45) is 0. The van der Waals surface area contributed by atoms with Gasteiger partial charge in [0.1, 0.15) is 0 Å². The maximum atomic E-state index is 9.45. The van der Waals surface area contributed by atoms with E-state index < -0.39 is 0 Å². The lowest BCUT2D eigenvalue weighted by Crippen LogP contribution is -2.05. The zero-order chi connectivity index (χ0) is 11.7. The van der Waals surface area contributed by atoms with Gasteiger partial charge in [0.25, 0.3) is 0 Å². The van der Waals surface area contributed by atoms with Crippen molar-refractivity contribution in [3.8, 4) is 11.8 Å². The van der Waals surface area contributed by atoms with E-state index in [1.54, 1.807) is 12.1 Å². The Morgan fingerprint density at radius 3 is 2.62 bits per heavy atom. The number of rotatable bonds is 1. The normalized spacial score (nSPS) is 11.9. The van der Waals surface area contributed by atoms with E-state index in [0.717, 1.165) is 0 Å². The fourth-order valence-corrected chi connectivity index (χ4v) is 1.41. The van der Waals surface area contributed by atoms with Gasteiger partial charge in [-0.15, -0.1) is 5.11 Å². The first-order chi connectivity index (χ1) is 7.61. The van der Waals surface area contributed by atoms with Gasteiger partial charge < -0.3 is 15.9 Å². The third-order valence-corrected chi connectivity index (χ3v) is 2.11. The minimum absolute atomic E-state index is 0.110. The van der Waals surface area contributed by atoms with Gasteiger partial charge in [0.05, 0.1) is 5.69 Å². The summed E-state index contributed by atoms with van der Waals surface area (Å²) in [5, 5.41) is 22.7. The molecule has 82 valence electrons. The summed E-state index contributed by atoms with van der Waals surface area (Å²) < 4.78 is 0. The molecule has 0 fully saturated rings. The molecule has 0 saturated carbocycles. The second-order valence-electron chi connectivity index (χ2n) is 3.13. The summed E-state index contributed by atoms with van der Waals surface area (Å²) in [5.41, 5.74) is 12.3. The quantitative estimate of drug-likeness (QED) is 0.283. The van der Waals surface area contributed by atoms with Crippen molar-refractivity contribution in [2.45, 2.75) is 0 Å². The molecule has 0 aliphatic carbocycles. The van der Waals surface area contributed by atoms with Gasteiger partial charge in [-0.3, -0.25) is 4.98 Å². The second kappa shape index (κ2) is 3.54. The van der Waals surface area contributed by atoms with E-state index in [9.17, 15) is 10.2 Å². The van der Waals surface area contributed by atoms with Crippen molar-refractivity contribution < 1.29 is 10.2 Å². The molecule has 0 aliphatic rings. The lowest BCUT2D eigenvalue weighted by molar-refractivity contribution is 0.429. The van der Waals surface area contributed by atoms with Gasteiger partial charge in [-0.25, -0.2) is 10.5 Å². The minimum Gasteiger partial charge on any atom is -0.494 e. The van der Waals surface area contributed by atoms with Crippen LogP contribution in [0.4, 0.5) is 5.69 Å². The van der Waals surface area contributed by atoms with Gasteiger partial charge in [-0.2, -0.15) is 0 Å². The van der Waals surface area contributed by atoms with Crippen LogP contribution in [-0.2, 0) is 0 Å². The molecule has 0 spiro atoms. The molecule has 0 unspecified atom stereocenters. The first kappa shape index (κ1) is 9.97. The summed E-state index contributed by atoms with van der Waals surface area (Å²) in [7, 11) is 0. The number of nitrogens with zero attached hydrogens (tertiary/aromatic N) is 2. The molecule has 2 aromatic rings. The van der Waals surface area contributed by atoms with Crippen LogP contribution in [0.15, 0.2) is 28.3 Å². The van der Waals surface area contributed by atoms with Crippen LogP contribution >= 0.6 is 0 Å². The first-order valence-corrected chi connectivity index (χ1v) is 4.37. The van der Waals surface area contributed by atoms with Gasteiger partial charge in [0, 0.05) is 10.8 Å². The number of guanidine groups is 1. The first-order valence-electron chi connectivity index (χ1n) is 4.37. The molecular weight excluding hydrogens is 210 g/mol. The molecule has 0 atom stereocenters. The molecule has 1 aromatic carbocycles. The van der Waals surface area contributed by atoms with Gasteiger partial charge in [-0.05, 0) is 18.2 Å². The fraction of sp³-hybridized carbons (Fsp3) is 0. The number of nitrogens with two attached hydrogens (primary N) is 1. The van der Waals surface area contributed by atoms with E-state index >= 15 is 0 Å². The molecule has 1 heterocycles. The van der Waals surface area contributed by atoms with Crippen LogP contribution in [0.3, 0.4) is 0 Å². The summed E-state index contributed by atoms with van der Waals surface area (Å²) >= 11 is 0. The molecule has 0 saturated heterocycles. The third kappa shape index (κ3) is 1.54. The minimum atomic E-state index is -0.182. The number of fused-ring (bicyclic) bond motifs is 1. The largest absolute Gasteiger partial charge is 0.494 e. The van der Waals surface area contributed by atoms with Crippen LogP contribution in [0.25, 0.3) is 10.8 Å². The van der Waals surface area contributed by atoms with E-state index in [4.69, 9.17) is 11.3 Å². The Balaban J connectivity index is 2.60. The summed E-state index contributed by atoms with van der Waals surface area (Å²) in [6.45, 7) is 0. The maximum absolute atomic E-state index is 9.45. The van der Waals surface area contributed by atoms with Crippen LogP contribution in [0.2, 0.25) is 0 Å². The van der Waals surface area contributed by atoms with Gasteiger partial charge in [-0.1, -0.05) is 0 Å². The lowest BCUT2D eigenvalue weighted by Gasteiger charge is -1.95. The molecule has 0 radical (unpaired) electrons. The average Bonchev–Trinajstić information content (AvgIpc) is 2.54. The molecule has 6 N–H and O–H groups in total.